The minimum atomic E-state index is -0.885. The van der Waals surface area contributed by atoms with Gasteiger partial charge in [-0.1, -0.05) is 11.6 Å². The Hall–Kier alpha value is -1.55. The molecule has 16 heavy (non-hydrogen) atoms. The molecule has 5 heteroatoms. The molecule has 1 N–H and O–H groups in total. The number of carboxylic acid groups (broad SMARTS) is 1. The quantitative estimate of drug-likeness (QED) is 0.874. The van der Waals surface area contributed by atoms with Gasteiger partial charge in [0.25, 0.3) is 0 Å². The van der Waals surface area contributed by atoms with E-state index in [0.29, 0.717) is 10.8 Å². The summed E-state index contributed by atoms with van der Waals surface area (Å²) in [5, 5.41) is 9.56. The van der Waals surface area contributed by atoms with Crippen molar-refractivity contribution in [2.45, 2.75) is 12.8 Å². The number of imidazole rings is 1. The van der Waals surface area contributed by atoms with Gasteiger partial charge in [0, 0.05) is 12.1 Å². The molecule has 0 aliphatic rings. The van der Waals surface area contributed by atoms with Gasteiger partial charge >= 0.3 is 5.97 Å². The highest BCUT2D eigenvalue weighted by atomic mass is 35.5. The number of hydrogen-bond acceptors (Lipinski definition) is 2. The maximum absolute atomic E-state index is 10.9. The van der Waals surface area contributed by atoms with Crippen LogP contribution in [0.3, 0.4) is 0 Å². The Morgan fingerprint density at radius 1 is 1.56 bits per heavy atom. The van der Waals surface area contributed by atoms with E-state index in [1.54, 1.807) is 30.7 Å². The van der Waals surface area contributed by atoms with Gasteiger partial charge in [0.15, 0.2) is 0 Å². The van der Waals surface area contributed by atoms with Gasteiger partial charge in [-0.15, -0.1) is 0 Å². The van der Waals surface area contributed by atoms with E-state index in [0.717, 1.165) is 11.0 Å². The SMILES string of the molecule is CC(C(=O)O)c1nc2cc(Cl)ccc2n1C. The van der Waals surface area contributed by atoms with Crippen molar-refractivity contribution < 1.29 is 9.90 Å². The Morgan fingerprint density at radius 3 is 2.88 bits per heavy atom. The molecule has 1 heterocycles. The summed E-state index contributed by atoms with van der Waals surface area (Å²) in [5.41, 5.74) is 1.60. The molecule has 2 aromatic rings. The second kappa shape index (κ2) is 3.79. The number of hydrogen-bond donors (Lipinski definition) is 1. The zero-order chi connectivity index (χ0) is 11.9. The molecule has 0 spiro atoms. The van der Waals surface area contributed by atoms with Crippen molar-refractivity contribution in [3.8, 4) is 0 Å². The average molecular weight is 239 g/mol. The fourth-order valence-corrected chi connectivity index (χ4v) is 1.86. The number of benzene rings is 1. The van der Waals surface area contributed by atoms with Crippen molar-refractivity contribution in [2.24, 2.45) is 7.05 Å². The fourth-order valence-electron chi connectivity index (χ4n) is 1.69. The van der Waals surface area contributed by atoms with Crippen LogP contribution >= 0.6 is 11.6 Å². The highest BCUT2D eigenvalue weighted by Crippen LogP contribution is 2.23. The van der Waals surface area contributed by atoms with Gasteiger partial charge < -0.3 is 9.67 Å². The van der Waals surface area contributed by atoms with Gasteiger partial charge in [0.05, 0.1) is 11.0 Å². The van der Waals surface area contributed by atoms with E-state index in [2.05, 4.69) is 4.98 Å². The zero-order valence-corrected chi connectivity index (χ0v) is 9.69. The summed E-state index contributed by atoms with van der Waals surface area (Å²) in [6.07, 6.45) is 0. The molecule has 0 radical (unpaired) electrons. The predicted molar refractivity (Wildman–Crippen MR) is 61.8 cm³/mol. The molecule has 0 bridgehead atoms. The standard InChI is InChI=1S/C11H11ClN2O2/c1-6(11(15)16)10-13-8-5-7(12)3-4-9(8)14(10)2/h3-6H,1-2H3,(H,15,16). The van der Waals surface area contributed by atoms with Crippen molar-refractivity contribution >= 4 is 28.6 Å². The minimum Gasteiger partial charge on any atom is -0.481 e. The molecule has 1 aromatic carbocycles. The van der Waals surface area contributed by atoms with Crippen LogP contribution < -0.4 is 0 Å². The summed E-state index contributed by atoms with van der Waals surface area (Å²) in [7, 11) is 1.80. The lowest BCUT2D eigenvalue weighted by molar-refractivity contribution is -0.138. The molecule has 0 saturated heterocycles. The second-order valence-corrected chi connectivity index (χ2v) is 4.16. The number of aliphatic carboxylic acids is 1. The van der Waals surface area contributed by atoms with E-state index in [9.17, 15) is 4.79 Å². The fraction of sp³-hybridized carbons (Fsp3) is 0.273. The Bertz CT molecular complexity index is 562. The second-order valence-electron chi connectivity index (χ2n) is 3.72. The van der Waals surface area contributed by atoms with Crippen LogP contribution in [0.1, 0.15) is 18.7 Å². The molecule has 0 amide bonds. The highest BCUT2D eigenvalue weighted by molar-refractivity contribution is 6.31. The summed E-state index contributed by atoms with van der Waals surface area (Å²) in [6.45, 7) is 1.62. The number of carbonyl (C=O) groups is 1. The number of aromatic nitrogens is 2. The summed E-state index contributed by atoms with van der Waals surface area (Å²) in [4.78, 5) is 15.2. The molecule has 2 rings (SSSR count). The van der Waals surface area contributed by atoms with Crippen LogP contribution in [-0.4, -0.2) is 20.6 Å². The maximum Gasteiger partial charge on any atom is 0.313 e. The lowest BCUT2D eigenvalue weighted by atomic mass is 10.2. The van der Waals surface area contributed by atoms with Gasteiger partial charge in [0.2, 0.25) is 0 Å². The third-order valence-electron chi connectivity index (χ3n) is 2.64. The molecule has 84 valence electrons. The third-order valence-corrected chi connectivity index (χ3v) is 2.87. The zero-order valence-electron chi connectivity index (χ0n) is 8.94. The van der Waals surface area contributed by atoms with Crippen LogP contribution in [0, 0.1) is 0 Å². The molecule has 4 nitrogen and oxygen atoms in total. The minimum absolute atomic E-state index is 0.532. The number of rotatable bonds is 2. The van der Waals surface area contributed by atoms with Gasteiger partial charge in [-0.25, -0.2) is 4.98 Å². The molecular formula is C11H11ClN2O2. The van der Waals surface area contributed by atoms with Gasteiger partial charge in [0.1, 0.15) is 11.7 Å². The summed E-state index contributed by atoms with van der Waals surface area (Å²) < 4.78 is 1.78. The van der Waals surface area contributed by atoms with Crippen LogP contribution in [0.25, 0.3) is 11.0 Å². The van der Waals surface area contributed by atoms with Crippen LogP contribution in [0.4, 0.5) is 0 Å². The lowest BCUT2D eigenvalue weighted by Gasteiger charge is -2.05. The van der Waals surface area contributed by atoms with Crippen LogP contribution in [-0.2, 0) is 11.8 Å². The third kappa shape index (κ3) is 1.65. The van der Waals surface area contributed by atoms with Crippen molar-refractivity contribution in [1.82, 2.24) is 9.55 Å². The topological polar surface area (TPSA) is 55.1 Å². The number of aryl methyl sites for hydroxylation is 1. The number of fused-ring (bicyclic) bond motifs is 1. The molecule has 1 unspecified atom stereocenters. The Labute approximate surface area is 97.5 Å². The number of carboxylic acids is 1. The van der Waals surface area contributed by atoms with Gasteiger partial charge in [-0.2, -0.15) is 0 Å². The average Bonchev–Trinajstić information content (AvgIpc) is 2.54. The Kier molecular flexibility index (Phi) is 2.59. The normalized spacial score (nSPS) is 12.9. The molecule has 0 fully saturated rings. The Balaban J connectivity index is 2.64. The van der Waals surface area contributed by atoms with Crippen molar-refractivity contribution in [2.75, 3.05) is 0 Å². The largest absolute Gasteiger partial charge is 0.481 e. The highest BCUT2D eigenvalue weighted by Gasteiger charge is 2.20. The molecule has 1 atom stereocenters. The lowest BCUT2D eigenvalue weighted by Crippen LogP contribution is -2.12. The van der Waals surface area contributed by atoms with Gasteiger partial charge in [-0.05, 0) is 25.1 Å². The van der Waals surface area contributed by atoms with Crippen LogP contribution in [0.15, 0.2) is 18.2 Å². The van der Waals surface area contributed by atoms with Crippen molar-refractivity contribution in [3.05, 3.63) is 29.0 Å². The van der Waals surface area contributed by atoms with Crippen molar-refractivity contribution in [1.29, 1.82) is 0 Å². The molecule has 0 aliphatic carbocycles. The first-order valence-corrected chi connectivity index (χ1v) is 5.23. The van der Waals surface area contributed by atoms with E-state index < -0.39 is 11.9 Å². The molecular weight excluding hydrogens is 228 g/mol. The predicted octanol–water partition coefficient (Wildman–Crippen LogP) is 2.41. The summed E-state index contributed by atoms with van der Waals surface area (Å²) in [6, 6.07) is 5.33. The number of halogens is 1. The summed E-state index contributed by atoms with van der Waals surface area (Å²) >= 11 is 5.86. The maximum atomic E-state index is 10.9. The Morgan fingerprint density at radius 2 is 2.25 bits per heavy atom. The molecule has 1 aromatic heterocycles. The summed E-state index contributed by atoms with van der Waals surface area (Å²) in [5.74, 6) is -0.981. The van der Waals surface area contributed by atoms with Crippen molar-refractivity contribution in [3.63, 3.8) is 0 Å². The first kappa shape index (κ1) is 11.0. The first-order valence-electron chi connectivity index (χ1n) is 4.85. The van der Waals surface area contributed by atoms with Gasteiger partial charge in [-0.3, -0.25) is 4.79 Å². The monoisotopic (exact) mass is 238 g/mol. The van der Waals surface area contributed by atoms with E-state index in [1.165, 1.54) is 0 Å². The van der Waals surface area contributed by atoms with E-state index in [4.69, 9.17) is 16.7 Å². The number of nitrogens with zero attached hydrogens (tertiary/aromatic N) is 2. The molecule has 0 aliphatic heterocycles. The smallest absolute Gasteiger partial charge is 0.313 e. The molecule has 0 saturated carbocycles. The van der Waals surface area contributed by atoms with Crippen LogP contribution in [0.2, 0.25) is 5.02 Å². The van der Waals surface area contributed by atoms with E-state index in [-0.39, 0.29) is 0 Å². The van der Waals surface area contributed by atoms with Crippen LogP contribution in [0.5, 0.6) is 0 Å². The van der Waals surface area contributed by atoms with E-state index >= 15 is 0 Å². The van der Waals surface area contributed by atoms with E-state index in [1.807, 2.05) is 6.07 Å². The first-order chi connectivity index (χ1) is 7.50.